The fraction of sp³-hybridized carbons (Fsp3) is 0.304. The maximum absolute atomic E-state index is 13.2. The highest BCUT2D eigenvalue weighted by Crippen LogP contribution is 2.35. The molecule has 4 rings (SSSR count). The number of amides is 3. The van der Waals surface area contributed by atoms with Crippen LogP contribution in [0.4, 0.5) is 10.5 Å². The smallest absolute Gasteiger partial charge is 0.319 e. The molecule has 0 saturated heterocycles. The van der Waals surface area contributed by atoms with Crippen LogP contribution in [0.25, 0.3) is 0 Å². The first-order valence-electron chi connectivity index (χ1n) is 10.1. The summed E-state index contributed by atoms with van der Waals surface area (Å²) in [6, 6.07) is 13.5. The summed E-state index contributed by atoms with van der Waals surface area (Å²) in [5.41, 5.74) is 2.27. The summed E-state index contributed by atoms with van der Waals surface area (Å²) in [5, 5.41) is 8.99. The standard InChI is InChI=1S/C23H24ClN3O3/c1-14-20(22(28)26-16-8-6-7-15(24)13-16)21(27-23(29)25-14)18-11-4-5-12-19(18)30-17-9-2-3-10-17/h4-8,11-13,17,21H,2-3,9-10H2,1H3,(H,26,28)(H2,25,27,29)/t21-/m1/s1. The molecule has 0 spiro atoms. The van der Waals surface area contributed by atoms with Gasteiger partial charge in [-0.3, -0.25) is 4.79 Å². The number of rotatable bonds is 5. The van der Waals surface area contributed by atoms with Gasteiger partial charge in [-0.25, -0.2) is 4.79 Å². The van der Waals surface area contributed by atoms with Gasteiger partial charge >= 0.3 is 6.03 Å². The van der Waals surface area contributed by atoms with Crippen LogP contribution in [0, 0.1) is 0 Å². The Morgan fingerprint density at radius 3 is 2.67 bits per heavy atom. The summed E-state index contributed by atoms with van der Waals surface area (Å²) in [6.45, 7) is 1.72. The Bertz CT molecular complexity index is 999. The van der Waals surface area contributed by atoms with Crippen molar-refractivity contribution < 1.29 is 14.3 Å². The highest BCUT2D eigenvalue weighted by atomic mass is 35.5. The molecule has 156 valence electrons. The Kier molecular flexibility index (Phi) is 5.95. The van der Waals surface area contributed by atoms with E-state index in [9.17, 15) is 9.59 Å². The SMILES string of the molecule is CC1=C(C(=O)Nc2cccc(Cl)c2)[C@@H](c2ccccc2OC2CCCC2)NC(=O)N1. The summed E-state index contributed by atoms with van der Waals surface area (Å²) in [6.07, 6.45) is 4.51. The molecular formula is C23H24ClN3O3. The van der Waals surface area contributed by atoms with Crippen molar-refractivity contribution in [2.75, 3.05) is 5.32 Å². The fourth-order valence-electron chi connectivity index (χ4n) is 4.00. The summed E-state index contributed by atoms with van der Waals surface area (Å²) in [4.78, 5) is 25.4. The monoisotopic (exact) mass is 425 g/mol. The first-order valence-corrected chi connectivity index (χ1v) is 10.5. The zero-order valence-corrected chi connectivity index (χ0v) is 17.5. The van der Waals surface area contributed by atoms with E-state index in [2.05, 4.69) is 16.0 Å². The number of hydrogen-bond acceptors (Lipinski definition) is 3. The second kappa shape index (κ2) is 8.79. The van der Waals surface area contributed by atoms with E-state index in [0.717, 1.165) is 31.2 Å². The Labute approximate surface area is 180 Å². The Hall–Kier alpha value is -2.99. The molecular weight excluding hydrogens is 402 g/mol. The lowest BCUT2D eigenvalue weighted by molar-refractivity contribution is -0.113. The number of ether oxygens (including phenoxy) is 1. The van der Waals surface area contributed by atoms with Crippen molar-refractivity contribution in [3.8, 4) is 5.75 Å². The molecule has 0 aromatic heterocycles. The lowest BCUT2D eigenvalue weighted by Gasteiger charge is -2.30. The van der Waals surface area contributed by atoms with Crippen LogP contribution in [0.1, 0.15) is 44.2 Å². The van der Waals surface area contributed by atoms with Gasteiger partial charge in [-0.05, 0) is 56.9 Å². The normalized spacial score (nSPS) is 19.3. The molecule has 2 aromatic rings. The van der Waals surface area contributed by atoms with Gasteiger partial charge < -0.3 is 20.7 Å². The maximum Gasteiger partial charge on any atom is 0.319 e. The maximum atomic E-state index is 13.2. The minimum absolute atomic E-state index is 0.164. The molecule has 0 unspecified atom stereocenters. The van der Waals surface area contributed by atoms with Crippen molar-refractivity contribution in [2.24, 2.45) is 0 Å². The number of allylic oxidation sites excluding steroid dienone is 1. The summed E-state index contributed by atoms with van der Waals surface area (Å²) in [7, 11) is 0. The van der Waals surface area contributed by atoms with E-state index in [1.807, 2.05) is 24.3 Å². The minimum atomic E-state index is -0.629. The van der Waals surface area contributed by atoms with Crippen molar-refractivity contribution in [3.05, 3.63) is 70.4 Å². The predicted octanol–water partition coefficient (Wildman–Crippen LogP) is 4.93. The van der Waals surface area contributed by atoms with Gasteiger partial charge in [0, 0.05) is 22.0 Å². The van der Waals surface area contributed by atoms with Crippen LogP contribution < -0.4 is 20.7 Å². The molecule has 1 atom stereocenters. The number of para-hydroxylation sites is 1. The zero-order chi connectivity index (χ0) is 21.1. The molecule has 1 fully saturated rings. The van der Waals surface area contributed by atoms with Gasteiger partial charge in [0.2, 0.25) is 0 Å². The number of nitrogens with one attached hydrogen (secondary N) is 3. The van der Waals surface area contributed by atoms with Gasteiger partial charge in [-0.1, -0.05) is 35.9 Å². The number of urea groups is 1. The summed E-state index contributed by atoms with van der Waals surface area (Å²) >= 11 is 6.04. The number of benzene rings is 2. The van der Waals surface area contributed by atoms with Gasteiger partial charge in [0.15, 0.2) is 0 Å². The first kappa shape index (κ1) is 20.3. The fourth-order valence-corrected chi connectivity index (χ4v) is 4.20. The van der Waals surface area contributed by atoms with Crippen LogP contribution in [0.3, 0.4) is 0 Å². The van der Waals surface area contributed by atoms with E-state index in [4.69, 9.17) is 16.3 Å². The molecule has 0 radical (unpaired) electrons. The number of anilines is 1. The third-order valence-corrected chi connectivity index (χ3v) is 5.66. The third kappa shape index (κ3) is 4.44. The van der Waals surface area contributed by atoms with E-state index < -0.39 is 6.04 Å². The van der Waals surface area contributed by atoms with E-state index in [-0.39, 0.29) is 18.0 Å². The topological polar surface area (TPSA) is 79.5 Å². The molecule has 3 amide bonds. The molecule has 1 saturated carbocycles. The summed E-state index contributed by atoms with van der Waals surface area (Å²) in [5.74, 6) is 0.375. The van der Waals surface area contributed by atoms with Crippen LogP contribution in [-0.2, 0) is 4.79 Å². The van der Waals surface area contributed by atoms with Crippen LogP contribution in [0.5, 0.6) is 5.75 Å². The van der Waals surface area contributed by atoms with Crippen LogP contribution in [-0.4, -0.2) is 18.0 Å². The average Bonchev–Trinajstić information content (AvgIpc) is 3.21. The molecule has 3 N–H and O–H groups in total. The number of carbonyl (C=O) groups is 2. The molecule has 30 heavy (non-hydrogen) atoms. The molecule has 7 heteroatoms. The molecule has 6 nitrogen and oxygen atoms in total. The number of hydrogen-bond donors (Lipinski definition) is 3. The van der Waals surface area contributed by atoms with Crippen LogP contribution in [0.15, 0.2) is 59.8 Å². The van der Waals surface area contributed by atoms with Crippen molar-refractivity contribution in [2.45, 2.75) is 44.8 Å². The molecule has 1 heterocycles. The molecule has 2 aliphatic rings. The predicted molar refractivity (Wildman–Crippen MR) is 117 cm³/mol. The van der Waals surface area contributed by atoms with Gasteiger partial charge in [0.05, 0.1) is 17.7 Å². The quantitative estimate of drug-likeness (QED) is 0.635. The highest BCUT2D eigenvalue weighted by molar-refractivity contribution is 6.31. The van der Waals surface area contributed by atoms with Crippen molar-refractivity contribution in [3.63, 3.8) is 0 Å². The van der Waals surface area contributed by atoms with Crippen LogP contribution >= 0.6 is 11.6 Å². The van der Waals surface area contributed by atoms with E-state index in [1.165, 1.54) is 0 Å². The molecule has 2 aromatic carbocycles. The summed E-state index contributed by atoms with van der Waals surface area (Å²) < 4.78 is 6.25. The van der Waals surface area contributed by atoms with E-state index >= 15 is 0 Å². The minimum Gasteiger partial charge on any atom is -0.490 e. The van der Waals surface area contributed by atoms with Gasteiger partial charge in [0.1, 0.15) is 5.75 Å². The van der Waals surface area contributed by atoms with Gasteiger partial charge in [-0.2, -0.15) is 0 Å². The van der Waals surface area contributed by atoms with Gasteiger partial charge in [-0.15, -0.1) is 0 Å². The number of halogens is 1. The van der Waals surface area contributed by atoms with Gasteiger partial charge in [0.25, 0.3) is 5.91 Å². The van der Waals surface area contributed by atoms with E-state index in [0.29, 0.717) is 27.7 Å². The largest absolute Gasteiger partial charge is 0.490 e. The molecule has 0 bridgehead atoms. The zero-order valence-electron chi connectivity index (χ0n) is 16.7. The average molecular weight is 426 g/mol. The Morgan fingerprint density at radius 2 is 1.90 bits per heavy atom. The Balaban J connectivity index is 1.66. The highest BCUT2D eigenvalue weighted by Gasteiger charge is 2.33. The second-order valence-corrected chi connectivity index (χ2v) is 8.03. The van der Waals surface area contributed by atoms with Crippen molar-refractivity contribution >= 4 is 29.2 Å². The molecule has 1 aliphatic heterocycles. The Morgan fingerprint density at radius 1 is 1.13 bits per heavy atom. The molecule has 1 aliphatic carbocycles. The van der Waals surface area contributed by atoms with Crippen molar-refractivity contribution in [1.29, 1.82) is 0 Å². The van der Waals surface area contributed by atoms with Crippen LogP contribution in [0.2, 0.25) is 5.02 Å². The second-order valence-electron chi connectivity index (χ2n) is 7.60. The first-order chi connectivity index (χ1) is 14.5. The van der Waals surface area contributed by atoms with E-state index in [1.54, 1.807) is 31.2 Å². The number of carbonyl (C=O) groups excluding carboxylic acids is 2. The third-order valence-electron chi connectivity index (χ3n) is 5.42. The lowest BCUT2D eigenvalue weighted by atomic mass is 9.94. The lowest BCUT2D eigenvalue weighted by Crippen LogP contribution is -2.46. The van der Waals surface area contributed by atoms with Crippen molar-refractivity contribution in [1.82, 2.24) is 10.6 Å².